The number of aliphatic hydroxyl groups is 1. The van der Waals surface area contributed by atoms with Crippen LogP contribution in [-0.2, 0) is 6.54 Å². The van der Waals surface area contributed by atoms with Crippen molar-refractivity contribution in [2.45, 2.75) is 13.5 Å². The molecule has 0 atom stereocenters. The van der Waals surface area contributed by atoms with Gasteiger partial charge in [0.15, 0.2) is 0 Å². The molecule has 96 valence electrons. The summed E-state index contributed by atoms with van der Waals surface area (Å²) in [6, 6.07) is 9.88. The number of nitrogens with zero attached hydrogens (tertiary/aromatic N) is 2. The summed E-state index contributed by atoms with van der Waals surface area (Å²) in [6.07, 6.45) is 0. The van der Waals surface area contributed by atoms with E-state index in [1.165, 1.54) is 0 Å². The number of aliphatic hydroxyl groups excluding tert-OH is 1. The first-order valence-electron chi connectivity index (χ1n) is 5.72. The monoisotopic (exact) mass is 310 g/mol. The molecule has 4 nitrogen and oxygen atoms in total. The van der Waals surface area contributed by atoms with E-state index in [4.69, 9.17) is 9.63 Å². The molecule has 0 amide bonds. The Kier molecular flexibility index (Phi) is 4.38. The zero-order chi connectivity index (χ0) is 13.0. The van der Waals surface area contributed by atoms with Crippen LogP contribution in [0.15, 0.2) is 39.3 Å². The Morgan fingerprint density at radius 2 is 2.06 bits per heavy atom. The molecule has 0 aliphatic rings. The summed E-state index contributed by atoms with van der Waals surface area (Å²) in [5.74, 6) is 0.796. The number of halogens is 1. The zero-order valence-corrected chi connectivity index (χ0v) is 11.7. The third-order valence-electron chi connectivity index (χ3n) is 2.59. The number of aromatic nitrogens is 1. The van der Waals surface area contributed by atoms with E-state index in [1.54, 1.807) is 0 Å². The van der Waals surface area contributed by atoms with Gasteiger partial charge in [-0.3, -0.25) is 0 Å². The number of rotatable bonds is 5. The zero-order valence-electron chi connectivity index (χ0n) is 10.1. The molecule has 0 unspecified atom stereocenters. The van der Waals surface area contributed by atoms with Crippen molar-refractivity contribution in [1.82, 2.24) is 5.16 Å². The highest BCUT2D eigenvalue weighted by molar-refractivity contribution is 9.10. The van der Waals surface area contributed by atoms with Crippen LogP contribution in [0.3, 0.4) is 0 Å². The third kappa shape index (κ3) is 3.34. The van der Waals surface area contributed by atoms with Gasteiger partial charge in [0.2, 0.25) is 0 Å². The summed E-state index contributed by atoms with van der Waals surface area (Å²) >= 11 is 3.41. The SMILES string of the molecule is Cc1cc(CN(CCO)c2ccc(Br)cc2)no1. The maximum Gasteiger partial charge on any atom is 0.133 e. The van der Waals surface area contributed by atoms with E-state index in [-0.39, 0.29) is 6.61 Å². The van der Waals surface area contributed by atoms with Gasteiger partial charge in [0, 0.05) is 22.8 Å². The fraction of sp³-hybridized carbons (Fsp3) is 0.308. The Hall–Kier alpha value is -1.33. The van der Waals surface area contributed by atoms with E-state index < -0.39 is 0 Å². The third-order valence-corrected chi connectivity index (χ3v) is 3.12. The molecule has 0 spiro atoms. The first kappa shape index (κ1) is 13.1. The molecular formula is C13H15BrN2O2. The van der Waals surface area contributed by atoms with Gasteiger partial charge in [-0.1, -0.05) is 21.1 Å². The molecule has 1 heterocycles. The van der Waals surface area contributed by atoms with Crippen molar-refractivity contribution < 1.29 is 9.63 Å². The molecule has 18 heavy (non-hydrogen) atoms. The van der Waals surface area contributed by atoms with Gasteiger partial charge in [-0.15, -0.1) is 0 Å². The van der Waals surface area contributed by atoms with Crippen LogP contribution in [0.1, 0.15) is 11.5 Å². The lowest BCUT2D eigenvalue weighted by Gasteiger charge is -2.22. The highest BCUT2D eigenvalue weighted by Crippen LogP contribution is 2.20. The normalized spacial score (nSPS) is 10.6. The lowest BCUT2D eigenvalue weighted by atomic mass is 10.2. The second kappa shape index (κ2) is 6.02. The second-order valence-corrected chi connectivity index (χ2v) is 4.97. The maximum absolute atomic E-state index is 9.14. The Morgan fingerprint density at radius 1 is 1.33 bits per heavy atom. The standard InChI is InChI=1S/C13H15BrN2O2/c1-10-8-12(15-18-10)9-16(6-7-17)13-4-2-11(14)3-5-13/h2-5,8,17H,6-7,9H2,1H3. The van der Waals surface area contributed by atoms with E-state index >= 15 is 0 Å². The molecule has 1 N–H and O–H groups in total. The van der Waals surface area contributed by atoms with Crippen molar-refractivity contribution in [3.8, 4) is 0 Å². The predicted molar refractivity (Wildman–Crippen MR) is 73.5 cm³/mol. The molecule has 2 rings (SSSR count). The molecule has 1 aromatic heterocycles. The highest BCUT2D eigenvalue weighted by Gasteiger charge is 2.09. The van der Waals surface area contributed by atoms with Crippen molar-refractivity contribution in [3.63, 3.8) is 0 Å². The molecule has 0 aliphatic heterocycles. The smallest absolute Gasteiger partial charge is 0.133 e. The van der Waals surface area contributed by atoms with Crippen molar-refractivity contribution in [2.24, 2.45) is 0 Å². The number of hydrogen-bond donors (Lipinski definition) is 1. The molecule has 0 aliphatic carbocycles. The van der Waals surface area contributed by atoms with Crippen LogP contribution >= 0.6 is 15.9 Å². The molecule has 0 radical (unpaired) electrons. The van der Waals surface area contributed by atoms with Crippen molar-refractivity contribution >= 4 is 21.6 Å². The molecule has 0 fully saturated rings. The van der Waals surface area contributed by atoms with Crippen LogP contribution in [0.25, 0.3) is 0 Å². The number of aryl methyl sites for hydroxylation is 1. The number of benzene rings is 1. The van der Waals surface area contributed by atoms with Gasteiger partial charge < -0.3 is 14.5 Å². The predicted octanol–water partition coefficient (Wildman–Crippen LogP) is 2.74. The van der Waals surface area contributed by atoms with Crippen LogP contribution in [0.2, 0.25) is 0 Å². The number of hydrogen-bond acceptors (Lipinski definition) is 4. The molecule has 0 saturated carbocycles. The highest BCUT2D eigenvalue weighted by atomic mass is 79.9. The molecule has 1 aromatic carbocycles. The van der Waals surface area contributed by atoms with Gasteiger partial charge in [-0.2, -0.15) is 0 Å². The first-order chi connectivity index (χ1) is 8.69. The Morgan fingerprint density at radius 3 is 2.61 bits per heavy atom. The average Bonchev–Trinajstić information content (AvgIpc) is 2.75. The Bertz CT molecular complexity index is 496. The van der Waals surface area contributed by atoms with Gasteiger partial charge >= 0.3 is 0 Å². The summed E-state index contributed by atoms with van der Waals surface area (Å²) in [4.78, 5) is 2.06. The summed E-state index contributed by atoms with van der Waals surface area (Å²) < 4.78 is 6.09. The summed E-state index contributed by atoms with van der Waals surface area (Å²) in [5.41, 5.74) is 1.91. The van der Waals surface area contributed by atoms with Crippen molar-refractivity contribution in [1.29, 1.82) is 0 Å². The van der Waals surface area contributed by atoms with Gasteiger partial charge in [0.25, 0.3) is 0 Å². The Balaban J connectivity index is 2.14. The van der Waals surface area contributed by atoms with Crippen LogP contribution in [-0.4, -0.2) is 23.4 Å². The van der Waals surface area contributed by atoms with Gasteiger partial charge in [0.05, 0.1) is 13.2 Å². The van der Waals surface area contributed by atoms with Crippen LogP contribution in [0.4, 0.5) is 5.69 Å². The van der Waals surface area contributed by atoms with Crippen molar-refractivity contribution in [2.75, 3.05) is 18.1 Å². The largest absolute Gasteiger partial charge is 0.395 e. The molecule has 5 heteroatoms. The lowest BCUT2D eigenvalue weighted by Crippen LogP contribution is -2.26. The lowest BCUT2D eigenvalue weighted by molar-refractivity contribution is 0.301. The van der Waals surface area contributed by atoms with E-state index in [0.29, 0.717) is 13.1 Å². The first-order valence-corrected chi connectivity index (χ1v) is 6.52. The molecule has 2 aromatic rings. The number of anilines is 1. The summed E-state index contributed by atoms with van der Waals surface area (Å²) in [7, 11) is 0. The van der Waals surface area contributed by atoms with Crippen LogP contribution in [0.5, 0.6) is 0 Å². The van der Waals surface area contributed by atoms with E-state index in [1.807, 2.05) is 37.3 Å². The van der Waals surface area contributed by atoms with E-state index in [0.717, 1.165) is 21.6 Å². The summed E-state index contributed by atoms with van der Waals surface area (Å²) in [5, 5.41) is 13.1. The van der Waals surface area contributed by atoms with Gasteiger partial charge in [-0.05, 0) is 31.2 Å². The fourth-order valence-electron chi connectivity index (χ4n) is 1.76. The van der Waals surface area contributed by atoms with E-state index in [9.17, 15) is 0 Å². The Labute approximate surface area is 114 Å². The minimum absolute atomic E-state index is 0.104. The van der Waals surface area contributed by atoms with Crippen LogP contribution < -0.4 is 4.90 Å². The molecule has 0 saturated heterocycles. The van der Waals surface area contributed by atoms with Crippen LogP contribution in [0, 0.1) is 6.92 Å². The van der Waals surface area contributed by atoms with E-state index in [2.05, 4.69) is 26.0 Å². The molecule has 0 bridgehead atoms. The summed E-state index contributed by atoms with van der Waals surface area (Å²) in [6.45, 7) is 3.16. The minimum Gasteiger partial charge on any atom is -0.395 e. The molecular weight excluding hydrogens is 296 g/mol. The van der Waals surface area contributed by atoms with Gasteiger partial charge in [0.1, 0.15) is 11.5 Å². The van der Waals surface area contributed by atoms with Gasteiger partial charge in [-0.25, -0.2) is 0 Å². The minimum atomic E-state index is 0.104. The second-order valence-electron chi connectivity index (χ2n) is 4.05. The quantitative estimate of drug-likeness (QED) is 0.922. The van der Waals surface area contributed by atoms with Crippen molar-refractivity contribution in [3.05, 3.63) is 46.3 Å². The average molecular weight is 311 g/mol. The topological polar surface area (TPSA) is 49.5 Å². The fourth-order valence-corrected chi connectivity index (χ4v) is 2.02. The maximum atomic E-state index is 9.14.